The molecule has 0 N–H and O–H groups in total. The summed E-state index contributed by atoms with van der Waals surface area (Å²) in [6.45, 7) is 4.20. The first-order valence-corrected chi connectivity index (χ1v) is 10.8. The van der Waals surface area contributed by atoms with E-state index in [0.717, 1.165) is 23.5 Å². The number of amides is 1. The molecule has 1 aromatic carbocycles. The van der Waals surface area contributed by atoms with Gasteiger partial charge >= 0.3 is 6.18 Å². The standard InChI is InChI=1S/C23H19ClF3N5O2/c1-13(2)34-18-5-3-14(9-28)21(24)20(18)22(33)31-8-7-17-15(11-31)12-32(30-17)16-4-6-19(29-10-16)23(25,26)27/h3-6,10,12-13H,7-8,11H2,1-2H3. The lowest BCUT2D eigenvalue weighted by molar-refractivity contribution is -0.141. The first-order valence-electron chi connectivity index (χ1n) is 10.4. The average molecular weight is 490 g/mol. The second-order valence-corrected chi connectivity index (χ2v) is 8.38. The predicted octanol–water partition coefficient (Wildman–Crippen LogP) is 4.80. The Morgan fingerprint density at radius 2 is 2.03 bits per heavy atom. The quantitative estimate of drug-likeness (QED) is 0.526. The summed E-state index contributed by atoms with van der Waals surface area (Å²) >= 11 is 6.39. The van der Waals surface area contributed by atoms with Crippen LogP contribution in [0.3, 0.4) is 0 Å². The van der Waals surface area contributed by atoms with E-state index in [1.54, 1.807) is 17.2 Å². The van der Waals surface area contributed by atoms with Crippen LogP contribution in [-0.2, 0) is 19.1 Å². The van der Waals surface area contributed by atoms with Crippen LogP contribution in [0, 0.1) is 11.3 Å². The Labute approximate surface area is 198 Å². The number of aromatic nitrogens is 3. The van der Waals surface area contributed by atoms with E-state index in [2.05, 4.69) is 10.1 Å². The van der Waals surface area contributed by atoms with E-state index >= 15 is 0 Å². The number of fused-ring (bicyclic) bond motifs is 1. The molecule has 0 unspecified atom stereocenters. The Balaban J connectivity index is 1.61. The predicted molar refractivity (Wildman–Crippen MR) is 117 cm³/mol. The molecule has 7 nitrogen and oxygen atoms in total. The maximum atomic E-state index is 13.4. The fourth-order valence-electron chi connectivity index (χ4n) is 3.66. The largest absolute Gasteiger partial charge is 0.490 e. The molecule has 11 heteroatoms. The van der Waals surface area contributed by atoms with Crippen LogP contribution < -0.4 is 4.74 Å². The molecule has 1 aliphatic heterocycles. The molecule has 34 heavy (non-hydrogen) atoms. The zero-order chi connectivity index (χ0) is 24.6. The van der Waals surface area contributed by atoms with Crippen molar-refractivity contribution in [1.29, 1.82) is 5.26 Å². The molecule has 0 aliphatic carbocycles. The monoisotopic (exact) mass is 489 g/mol. The summed E-state index contributed by atoms with van der Waals surface area (Å²) in [7, 11) is 0. The van der Waals surface area contributed by atoms with Crippen LogP contribution in [0.15, 0.2) is 36.7 Å². The van der Waals surface area contributed by atoms with Crippen LogP contribution >= 0.6 is 11.6 Å². The van der Waals surface area contributed by atoms with Crippen molar-refractivity contribution >= 4 is 17.5 Å². The van der Waals surface area contributed by atoms with Gasteiger partial charge in [0.05, 0.1) is 34.3 Å². The van der Waals surface area contributed by atoms with Crippen molar-refractivity contribution in [1.82, 2.24) is 19.7 Å². The third kappa shape index (κ3) is 4.56. The third-order valence-corrected chi connectivity index (χ3v) is 5.64. The SMILES string of the molecule is CC(C)Oc1ccc(C#N)c(Cl)c1C(=O)N1CCc2nn(-c3ccc(C(F)(F)F)nc3)cc2C1. The highest BCUT2D eigenvalue weighted by atomic mass is 35.5. The van der Waals surface area contributed by atoms with E-state index in [4.69, 9.17) is 16.3 Å². The topological polar surface area (TPSA) is 84.0 Å². The number of halogens is 4. The number of ether oxygens (including phenoxy) is 1. The molecule has 176 valence electrons. The molecular formula is C23H19ClF3N5O2. The Morgan fingerprint density at radius 3 is 2.65 bits per heavy atom. The van der Waals surface area contributed by atoms with E-state index < -0.39 is 11.9 Å². The van der Waals surface area contributed by atoms with Gasteiger partial charge in [-0.25, -0.2) is 9.67 Å². The summed E-state index contributed by atoms with van der Waals surface area (Å²) in [6.07, 6.45) is -1.52. The van der Waals surface area contributed by atoms with E-state index in [-0.39, 0.29) is 34.7 Å². The third-order valence-electron chi connectivity index (χ3n) is 5.25. The molecule has 0 spiro atoms. The highest BCUT2D eigenvalue weighted by molar-refractivity contribution is 6.35. The minimum absolute atomic E-state index is 0.0305. The van der Waals surface area contributed by atoms with Gasteiger partial charge in [0.15, 0.2) is 0 Å². The normalized spacial score (nSPS) is 13.5. The van der Waals surface area contributed by atoms with Gasteiger partial charge in [-0.1, -0.05) is 11.6 Å². The van der Waals surface area contributed by atoms with Crippen molar-refractivity contribution in [2.45, 2.75) is 39.1 Å². The Bertz CT molecular complexity index is 1280. The van der Waals surface area contributed by atoms with Gasteiger partial charge in [-0.3, -0.25) is 4.79 Å². The number of benzene rings is 1. The zero-order valence-electron chi connectivity index (χ0n) is 18.2. The van der Waals surface area contributed by atoms with Crippen molar-refractivity contribution in [3.05, 3.63) is 69.8 Å². The number of carbonyl (C=O) groups is 1. The first kappa shape index (κ1) is 23.6. The van der Waals surface area contributed by atoms with Crippen molar-refractivity contribution in [3.63, 3.8) is 0 Å². The van der Waals surface area contributed by atoms with Crippen molar-refractivity contribution in [2.75, 3.05) is 6.54 Å². The van der Waals surface area contributed by atoms with Crippen molar-refractivity contribution in [2.24, 2.45) is 0 Å². The van der Waals surface area contributed by atoms with Crippen LogP contribution in [0.1, 0.15) is 46.7 Å². The minimum atomic E-state index is -4.52. The van der Waals surface area contributed by atoms with Gasteiger partial charge in [0.2, 0.25) is 0 Å². The molecule has 3 aromatic rings. The van der Waals surface area contributed by atoms with Crippen molar-refractivity contribution < 1.29 is 22.7 Å². The summed E-state index contributed by atoms with van der Waals surface area (Å²) in [6, 6.07) is 7.23. The Morgan fingerprint density at radius 1 is 1.26 bits per heavy atom. The number of carbonyl (C=O) groups excluding carboxylic acids is 1. The number of pyridine rings is 1. The number of hydrogen-bond acceptors (Lipinski definition) is 5. The lowest BCUT2D eigenvalue weighted by Gasteiger charge is -2.27. The number of nitrogens with zero attached hydrogens (tertiary/aromatic N) is 5. The first-order chi connectivity index (χ1) is 16.1. The van der Waals surface area contributed by atoms with Gasteiger partial charge in [-0.05, 0) is 38.1 Å². The number of hydrogen-bond donors (Lipinski definition) is 0. The van der Waals surface area contributed by atoms with E-state index in [9.17, 15) is 23.2 Å². The molecule has 0 saturated carbocycles. The second-order valence-electron chi connectivity index (χ2n) is 8.00. The maximum absolute atomic E-state index is 13.4. The summed E-state index contributed by atoms with van der Waals surface area (Å²) in [5.41, 5.74) is 1.16. The molecule has 0 fully saturated rings. The summed E-state index contributed by atoms with van der Waals surface area (Å²) < 4.78 is 45.6. The summed E-state index contributed by atoms with van der Waals surface area (Å²) in [4.78, 5) is 18.5. The number of nitriles is 1. The second kappa shape index (κ2) is 8.99. The van der Waals surface area contributed by atoms with Gasteiger partial charge in [0.1, 0.15) is 23.1 Å². The van der Waals surface area contributed by atoms with E-state index in [1.165, 1.54) is 16.8 Å². The molecule has 0 saturated heterocycles. The molecule has 1 aliphatic rings. The maximum Gasteiger partial charge on any atom is 0.433 e. The van der Waals surface area contributed by atoms with Crippen molar-refractivity contribution in [3.8, 4) is 17.5 Å². The van der Waals surface area contributed by atoms with Gasteiger partial charge in [-0.2, -0.15) is 23.5 Å². The Hall–Kier alpha value is -3.58. The van der Waals surface area contributed by atoms with Crippen LogP contribution in [-0.4, -0.2) is 38.2 Å². The fourth-order valence-corrected chi connectivity index (χ4v) is 3.94. The summed E-state index contributed by atoms with van der Waals surface area (Å²) in [5.74, 6) is -0.0892. The lowest BCUT2D eigenvalue weighted by Crippen LogP contribution is -2.36. The zero-order valence-corrected chi connectivity index (χ0v) is 19.0. The van der Waals surface area contributed by atoms with Crippen LogP contribution in [0.4, 0.5) is 13.2 Å². The summed E-state index contributed by atoms with van der Waals surface area (Å²) in [5, 5.41) is 13.8. The molecule has 2 aromatic heterocycles. The highest BCUT2D eigenvalue weighted by Crippen LogP contribution is 2.33. The van der Waals surface area contributed by atoms with E-state index in [1.807, 2.05) is 19.9 Å². The van der Waals surface area contributed by atoms with Gasteiger partial charge in [0, 0.05) is 31.3 Å². The average Bonchev–Trinajstić information content (AvgIpc) is 3.21. The Kier molecular flexibility index (Phi) is 6.23. The van der Waals surface area contributed by atoms with Crippen LogP contribution in [0.25, 0.3) is 5.69 Å². The molecule has 4 rings (SSSR count). The fraction of sp³-hybridized carbons (Fsp3) is 0.304. The van der Waals surface area contributed by atoms with Crippen LogP contribution in [0.5, 0.6) is 5.75 Å². The van der Waals surface area contributed by atoms with Crippen LogP contribution in [0.2, 0.25) is 5.02 Å². The molecule has 1 amide bonds. The van der Waals surface area contributed by atoms with Gasteiger partial charge in [-0.15, -0.1) is 0 Å². The number of rotatable bonds is 4. The highest BCUT2D eigenvalue weighted by Gasteiger charge is 2.32. The lowest BCUT2D eigenvalue weighted by atomic mass is 10.0. The van der Waals surface area contributed by atoms with Gasteiger partial charge in [0.25, 0.3) is 5.91 Å². The number of alkyl halides is 3. The smallest absolute Gasteiger partial charge is 0.433 e. The molecular weight excluding hydrogens is 471 g/mol. The minimum Gasteiger partial charge on any atom is -0.490 e. The molecule has 0 atom stereocenters. The van der Waals surface area contributed by atoms with Gasteiger partial charge < -0.3 is 9.64 Å². The molecule has 3 heterocycles. The molecule has 0 bridgehead atoms. The molecule has 0 radical (unpaired) electrons. The van der Waals surface area contributed by atoms with E-state index in [0.29, 0.717) is 24.4 Å².